The molecule has 5 nitrogen and oxygen atoms in total. The Morgan fingerprint density at radius 1 is 0.962 bits per heavy atom. The van der Waals surface area contributed by atoms with Crippen LogP contribution < -0.4 is 0 Å². The predicted octanol–water partition coefficient (Wildman–Crippen LogP) is 3.35. The van der Waals surface area contributed by atoms with Crippen LogP contribution in [0, 0.1) is 0 Å². The predicted molar refractivity (Wildman–Crippen MR) is 104 cm³/mol. The van der Waals surface area contributed by atoms with Gasteiger partial charge in [0.1, 0.15) is 24.4 Å². The summed E-state index contributed by atoms with van der Waals surface area (Å²) in [6.45, 7) is 2.97. The average Bonchev–Trinajstić information content (AvgIpc) is 2.97. The lowest BCUT2D eigenvalue weighted by Crippen LogP contribution is -2.40. The van der Waals surface area contributed by atoms with Crippen LogP contribution in [-0.2, 0) is 9.47 Å². The maximum Gasteiger partial charge on any atom is 0.114 e. The van der Waals surface area contributed by atoms with Crippen LogP contribution in [0.25, 0.3) is 0 Å². The highest BCUT2D eigenvalue weighted by molar-refractivity contribution is 4.88. The zero-order valence-corrected chi connectivity index (χ0v) is 16.5. The fourth-order valence-electron chi connectivity index (χ4n) is 3.22. The third kappa shape index (κ3) is 10.6. The van der Waals surface area contributed by atoms with Gasteiger partial charge in [0.15, 0.2) is 0 Å². The van der Waals surface area contributed by atoms with E-state index >= 15 is 0 Å². The van der Waals surface area contributed by atoms with E-state index in [4.69, 9.17) is 9.47 Å². The van der Waals surface area contributed by atoms with Gasteiger partial charge in [0.2, 0.25) is 0 Å². The second kappa shape index (κ2) is 15.6. The van der Waals surface area contributed by atoms with E-state index in [1.54, 1.807) is 0 Å². The summed E-state index contributed by atoms with van der Waals surface area (Å²) in [5, 5.41) is 28.9. The van der Waals surface area contributed by atoms with Crippen molar-refractivity contribution in [2.45, 2.75) is 102 Å². The number of ether oxygens (including phenoxy) is 2. The van der Waals surface area contributed by atoms with Gasteiger partial charge in [-0.2, -0.15) is 0 Å². The summed E-state index contributed by atoms with van der Waals surface area (Å²) < 4.78 is 10.6. The average molecular weight is 373 g/mol. The molecule has 1 fully saturated rings. The zero-order valence-electron chi connectivity index (χ0n) is 16.5. The van der Waals surface area contributed by atoms with Gasteiger partial charge in [-0.05, 0) is 19.3 Å². The zero-order chi connectivity index (χ0) is 19.0. The second-order valence-electron chi connectivity index (χ2n) is 7.38. The van der Waals surface area contributed by atoms with Gasteiger partial charge in [-0.15, -0.1) is 0 Å². The quantitative estimate of drug-likeness (QED) is 0.286. The van der Waals surface area contributed by atoms with Crippen molar-refractivity contribution in [3.63, 3.8) is 0 Å². The first kappa shape index (κ1) is 23.6. The van der Waals surface area contributed by atoms with Crippen molar-refractivity contribution in [3.8, 4) is 0 Å². The topological polar surface area (TPSA) is 79.2 Å². The van der Waals surface area contributed by atoms with Crippen LogP contribution in [0.4, 0.5) is 0 Å². The number of allylic oxidation sites excluding steroid dienone is 1. The molecule has 0 radical (unpaired) electrons. The molecular formula is C21H40O5. The highest BCUT2D eigenvalue weighted by atomic mass is 16.5. The number of aliphatic hydroxyl groups excluding tert-OH is 3. The lowest BCUT2D eigenvalue weighted by Gasteiger charge is -2.20. The van der Waals surface area contributed by atoms with Gasteiger partial charge in [-0.3, -0.25) is 0 Å². The van der Waals surface area contributed by atoms with Gasteiger partial charge in [-0.1, -0.05) is 70.4 Å². The molecule has 4 atom stereocenters. The van der Waals surface area contributed by atoms with Gasteiger partial charge in [0.05, 0.1) is 19.8 Å². The first-order valence-electron chi connectivity index (χ1n) is 10.5. The van der Waals surface area contributed by atoms with Crippen molar-refractivity contribution in [3.05, 3.63) is 12.2 Å². The summed E-state index contributed by atoms with van der Waals surface area (Å²) in [6.07, 6.45) is 14.8. The molecule has 0 unspecified atom stereocenters. The molecule has 1 aliphatic heterocycles. The molecule has 1 rings (SSSR count). The second-order valence-corrected chi connectivity index (χ2v) is 7.38. The molecular weight excluding hydrogens is 332 g/mol. The Morgan fingerprint density at radius 3 is 2.19 bits per heavy atom. The molecule has 0 aromatic rings. The first-order chi connectivity index (χ1) is 12.7. The Labute approximate surface area is 159 Å². The largest absolute Gasteiger partial charge is 0.388 e. The molecule has 0 saturated carbocycles. The standard InChI is InChI=1S/C21H40O5/c1-2-3-4-5-6-7-8-9-10-11-12-13-14-15-25-16-19(23)21-20(24)18(22)17-26-21/h12-13,18-24H,2-11,14-17H2,1H3/b13-12+/t18-,19+,20-,21-/m0/s1. The van der Waals surface area contributed by atoms with Gasteiger partial charge < -0.3 is 24.8 Å². The van der Waals surface area contributed by atoms with E-state index in [0.717, 1.165) is 12.8 Å². The van der Waals surface area contributed by atoms with Gasteiger partial charge in [0.25, 0.3) is 0 Å². The summed E-state index contributed by atoms with van der Waals surface area (Å²) >= 11 is 0. The van der Waals surface area contributed by atoms with Crippen molar-refractivity contribution < 1.29 is 24.8 Å². The number of unbranched alkanes of at least 4 members (excludes halogenated alkanes) is 9. The third-order valence-electron chi connectivity index (χ3n) is 4.93. The van der Waals surface area contributed by atoms with Crippen LogP contribution in [0.3, 0.4) is 0 Å². The van der Waals surface area contributed by atoms with Crippen LogP contribution in [0.1, 0.15) is 77.6 Å². The molecule has 5 heteroatoms. The highest BCUT2D eigenvalue weighted by Crippen LogP contribution is 2.17. The Kier molecular flexibility index (Phi) is 14.1. The summed E-state index contributed by atoms with van der Waals surface area (Å²) in [6, 6.07) is 0. The van der Waals surface area contributed by atoms with E-state index in [-0.39, 0.29) is 13.2 Å². The van der Waals surface area contributed by atoms with Crippen molar-refractivity contribution in [2.75, 3.05) is 19.8 Å². The van der Waals surface area contributed by atoms with E-state index < -0.39 is 24.4 Å². The van der Waals surface area contributed by atoms with Crippen LogP contribution >= 0.6 is 0 Å². The van der Waals surface area contributed by atoms with Gasteiger partial charge in [0, 0.05) is 0 Å². The minimum atomic E-state index is -1.04. The number of aliphatic hydroxyl groups is 3. The normalized spacial score (nSPS) is 24.5. The van der Waals surface area contributed by atoms with E-state index in [1.165, 1.54) is 57.8 Å². The van der Waals surface area contributed by atoms with Crippen LogP contribution in [0.2, 0.25) is 0 Å². The van der Waals surface area contributed by atoms with Crippen LogP contribution in [0.5, 0.6) is 0 Å². The number of hydrogen-bond donors (Lipinski definition) is 3. The van der Waals surface area contributed by atoms with Crippen LogP contribution in [-0.4, -0.2) is 59.6 Å². The maximum atomic E-state index is 9.90. The fourth-order valence-corrected chi connectivity index (χ4v) is 3.22. The molecule has 154 valence electrons. The van der Waals surface area contributed by atoms with Crippen LogP contribution in [0.15, 0.2) is 12.2 Å². The Balaban J connectivity index is 1.85. The van der Waals surface area contributed by atoms with E-state index in [1.807, 2.05) is 0 Å². The lowest BCUT2D eigenvalue weighted by atomic mass is 10.1. The highest BCUT2D eigenvalue weighted by Gasteiger charge is 2.39. The van der Waals surface area contributed by atoms with Gasteiger partial charge in [-0.25, -0.2) is 0 Å². The van der Waals surface area contributed by atoms with Crippen molar-refractivity contribution >= 4 is 0 Å². The first-order valence-corrected chi connectivity index (χ1v) is 10.5. The molecule has 26 heavy (non-hydrogen) atoms. The number of hydrogen-bond acceptors (Lipinski definition) is 5. The number of rotatable bonds is 16. The summed E-state index contributed by atoms with van der Waals surface area (Å²) in [4.78, 5) is 0. The molecule has 0 aromatic carbocycles. The summed E-state index contributed by atoms with van der Waals surface area (Å²) in [5.41, 5.74) is 0. The summed E-state index contributed by atoms with van der Waals surface area (Å²) in [7, 11) is 0. The minimum absolute atomic E-state index is 0.0600. The molecule has 0 aromatic heterocycles. The van der Waals surface area contributed by atoms with E-state index in [9.17, 15) is 15.3 Å². The molecule has 0 spiro atoms. The van der Waals surface area contributed by atoms with E-state index in [2.05, 4.69) is 19.1 Å². The molecule has 1 aliphatic rings. The third-order valence-corrected chi connectivity index (χ3v) is 4.93. The molecule has 1 saturated heterocycles. The smallest absolute Gasteiger partial charge is 0.114 e. The van der Waals surface area contributed by atoms with Crippen molar-refractivity contribution in [1.29, 1.82) is 0 Å². The monoisotopic (exact) mass is 372 g/mol. The van der Waals surface area contributed by atoms with E-state index in [0.29, 0.717) is 6.61 Å². The fraction of sp³-hybridized carbons (Fsp3) is 0.905. The molecule has 0 aliphatic carbocycles. The Hall–Kier alpha value is -0.460. The Morgan fingerprint density at radius 2 is 1.58 bits per heavy atom. The van der Waals surface area contributed by atoms with Crippen molar-refractivity contribution in [2.24, 2.45) is 0 Å². The molecule has 1 heterocycles. The van der Waals surface area contributed by atoms with Crippen molar-refractivity contribution in [1.82, 2.24) is 0 Å². The lowest BCUT2D eigenvalue weighted by molar-refractivity contribution is -0.0806. The van der Waals surface area contributed by atoms with Gasteiger partial charge >= 0.3 is 0 Å². The maximum absolute atomic E-state index is 9.90. The molecule has 0 amide bonds. The SMILES string of the molecule is CCCCCCCCCCC/C=C/CCOC[C@@H](O)[C@@H]1OC[C@H](O)[C@@H]1O. The Bertz CT molecular complexity index is 347. The molecule has 3 N–H and O–H groups in total. The summed E-state index contributed by atoms with van der Waals surface area (Å²) in [5.74, 6) is 0. The minimum Gasteiger partial charge on any atom is -0.388 e. The molecule has 0 bridgehead atoms.